The van der Waals surface area contributed by atoms with E-state index in [0.717, 1.165) is 11.3 Å². The molecule has 0 aliphatic heterocycles. The molecule has 0 bridgehead atoms. The molecule has 1 N–H and O–H groups in total. The number of nitrogens with one attached hydrogen (secondary N) is 1. The topological polar surface area (TPSA) is 80.8 Å². The third kappa shape index (κ3) is 4.95. The number of benzene rings is 1. The minimum absolute atomic E-state index is 0.0551. The normalized spacial score (nSPS) is 10.3. The maximum Gasteiger partial charge on any atom is 0.258 e. The monoisotopic (exact) mass is 377 g/mol. The number of methoxy groups -OCH3 is 2. The zero-order valence-electron chi connectivity index (χ0n) is 15.4. The molecule has 7 nitrogen and oxygen atoms in total. The first-order chi connectivity index (χ1) is 12.5. The van der Waals surface area contributed by atoms with Crippen molar-refractivity contribution in [1.82, 2.24) is 9.88 Å². The van der Waals surface area contributed by atoms with E-state index in [1.165, 1.54) is 23.3 Å². The Morgan fingerprint density at radius 2 is 2.04 bits per heavy atom. The van der Waals surface area contributed by atoms with Crippen LogP contribution in [-0.4, -0.2) is 49.0 Å². The fourth-order valence-corrected chi connectivity index (χ4v) is 3.09. The molecule has 2 rings (SSSR count). The average Bonchev–Trinajstić information content (AvgIpc) is 3.04. The molecule has 0 atom stereocenters. The molecule has 0 spiro atoms. The first-order valence-corrected chi connectivity index (χ1v) is 9.03. The smallest absolute Gasteiger partial charge is 0.258 e. The molecule has 1 aromatic heterocycles. The molecule has 8 heteroatoms. The van der Waals surface area contributed by atoms with Gasteiger partial charge in [0.1, 0.15) is 18.0 Å². The summed E-state index contributed by atoms with van der Waals surface area (Å²) in [5.41, 5.74) is 0.389. The number of thiazole rings is 1. The van der Waals surface area contributed by atoms with Gasteiger partial charge >= 0.3 is 0 Å². The van der Waals surface area contributed by atoms with Crippen LogP contribution in [0.15, 0.2) is 24.4 Å². The van der Waals surface area contributed by atoms with Crippen molar-refractivity contribution >= 4 is 28.3 Å². The van der Waals surface area contributed by atoms with Crippen molar-refractivity contribution < 1.29 is 19.1 Å². The summed E-state index contributed by atoms with van der Waals surface area (Å²) >= 11 is 1.39. The largest absolute Gasteiger partial charge is 0.497 e. The summed E-state index contributed by atoms with van der Waals surface area (Å²) in [7, 11) is 3.04. The van der Waals surface area contributed by atoms with Crippen LogP contribution < -0.4 is 14.8 Å². The first-order valence-electron chi connectivity index (χ1n) is 8.22. The standard InChI is InChI=1S/C18H23N3O4S/c1-5-8-21(11-16(22)20-18-19-10-12(2)26-18)17(23)14-7-6-13(24-3)9-15(14)25-4/h6-7,9-10H,5,8,11H2,1-4H3,(H,19,20,22). The van der Waals surface area contributed by atoms with Crippen molar-refractivity contribution in [3.63, 3.8) is 0 Å². The van der Waals surface area contributed by atoms with Crippen LogP contribution in [0.1, 0.15) is 28.6 Å². The highest BCUT2D eigenvalue weighted by atomic mass is 32.1. The molecule has 0 aliphatic rings. The maximum atomic E-state index is 12.9. The molecule has 1 heterocycles. The zero-order valence-corrected chi connectivity index (χ0v) is 16.2. The Kier molecular flexibility index (Phi) is 6.97. The highest BCUT2D eigenvalue weighted by Crippen LogP contribution is 2.26. The van der Waals surface area contributed by atoms with Crippen LogP contribution in [0, 0.1) is 6.92 Å². The fourth-order valence-electron chi connectivity index (χ4n) is 2.41. The second-order valence-electron chi connectivity index (χ2n) is 5.62. The van der Waals surface area contributed by atoms with E-state index in [2.05, 4.69) is 10.3 Å². The number of nitrogens with zero attached hydrogens (tertiary/aromatic N) is 2. The Hall–Kier alpha value is -2.61. The molecular weight excluding hydrogens is 354 g/mol. The van der Waals surface area contributed by atoms with E-state index in [0.29, 0.717) is 28.7 Å². The number of hydrogen-bond donors (Lipinski definition) is 1. The number of aromatic nitrogens is 1. The van der Waals surface area contributed by atoms with E-state index >= 15 is 0 Å². The molecular formula is C18H23N3O4S. The molecule has 0 unspecified atom stereocenters. The lowest BCUT2D eigenvalue weighted by Crippen LogP contribution is -2.38. The van der Waals surface area contributed by atoms with Gasteiger partial charge in [-0.15, -0.1) is 11.3 Å². The third-order valence-electron chi connectivity index (χ3n) is 3.62. The van der Waals surface area contributed by atoms with Crippen LogP contribution in [0.5, 0.6) is 11.5 Å². The highest BCUT2D eigenvalue weighted by molar-refractivity contribution is 7.15. The summed E-state index contributed by atoms with van der Waals surface area (Å²) in [6, 6.07) is 4.98. The number of amides is 2. The number of rotatable bonds is 8. The van der Waals surface area contributed by atoms with E-state index in [4.69, 9.17) is 9.47 Å². The van der Waals surface area contributed by atoms with E-state index in [-0.39, 0.29) is 18.4 Å². The molecule has 0 saturated heterocycles. The number of anilines is 1. The van der Waals surface area contributed by atoms with Crippen molar-refractivity contribution in [2.45, 2.75) is 20.3 Å². The van der Waals surface area contributed by atoms with Gasteiger partial charge in [0.05, 0.1) is 19.8 Å². The Morgan fingerprint density at radius 3 is 2.62 bits per heavy atom. The number of ether oxygens (including phenoxy) is 2. The van der Waals surface area contributed by atoms with Crippen LogP contribution in [0.2, 0.25) is 0 Å². The Labute approximate surface area is 156 Å². The lowest BCUT2D eigenvalue weighted by Gasteiger charge is -2.22. The first kappa shape index (κ1) is 19.7. The quantitative estimate of drug-likeness (QED) is 0.765. The van der Waals surface area contributed by atoms with Crippen LogP contribution in [-0.2, 0) is 4.79 Å². The van der Waals surface area contributed by atoms with Gasteiger partial charge in [0, 0.05) is 23.7 Å². The van der Waals surface area contributed by atoms with Crippen molar-refractivity contribution in [3.8, 4) is 11.5 Å². The number of hydrogen-bond acceptors (Lipinski definition) is 6. The predicted octanol–water partition coefficient (Wildman–Crippen LogP) is 2.96. The van der Waals surface area contributed by atoms with Crippen LogP contribution >= 0.6 is 11.3 Å². The second kappa shape index (κ2) is 9.19. The van der Waals surface area contributed by atoms with Crippen molar-refractivity contribution in [2.75, 3.05) is 32.6 Å². The Balaban J connectivity index is 2.15. The van der Waals surface area contributed by atoms with E-state index in [1.807, 2.05) is 13.8 Å². The Bertz CT molecular complexity index is 776. The van der Waals surface area contributed by atoms with Crippen LogP contribution in [0.3, 0.4) is 0 Å². The summed E-state index contributed by atoms with van der Waals surface area (Å²) in [5.74, 6) is 0.453. The van der Waals surface area contributed by atoms with E-state index in [9.17, 15) is 9.59 Å². The molecule has 0 saturated carbocycles. The lowest BCUT2D eigenvalue weighted by atomic mass is 10.1. The number of carbonyl (C=O) groups excluding carboxylic acids is 2. The van der Waals surface area contributed by atoms with Crippen molar-refractivity contribution in [2.24, 2.45) is 0 Å². The van der Waals surface area contributed by atoms with Gasteiger partial charge in [-0.25, -0.2) is 4.98 Å². The lowest BCUT2D eigenvalue weighted by molar-refractivity contribution is -0.116. The molecule has 1 aromatic carbocycles. The molecule has 0 fully saturated rings. The van der Waals surface area contributed by atoms with Crippen LogP contribution in [0.4, 0.5) is 5.13 Å². The third-order valence-corrected chi connectivity index (χ3v) is 4.45. The zero-order chi connectivity index (χ0) is 19.1. The van der Waals surface area contributed by atoms with Gasteiger partial charge in [0.15, 0.2) is 5.13 Å². The Morgan fingerprint density at radius 1 is 1.27 bits per heavy atom. The molecule has 2 amide bonds. The molecule has 140 valence electrons. The van der Waals surface area contributed by atoms with E-state index in [1.54, 1.807) is 31.5 Å². The van der Waals surface area contributed by atoms with Crippen LogP contribution in [0.25, 0.3) is 0 Å². The predicted molar refractivity (Wildman–Crippen MR) is 101 cm³/mol. The van der Waals surface area contributed by atoms with Gasteiger partial charge in [0.2, 0.25) is 5.91 Å². The summed E-state index contributed by atoms with van der Waals surface area (Å²) < 4.78 is 10.5. The number of aryl methyl sites for hydroxylation is 1. The van der Waals surface area contributed by atoms with Crippen molar-refractivity contribution in [3.05, 3.63) is 34.8 Å². The molecule has 2 aromatic rings. The van der Waals surface area contributed by atoms with Gasteiger partial charge in [0.25, 0.3) is 5.91 Å². The molecule has 26 heavy (non-hydrogen) atoms. The summed E-state index contributed by atoms with van der Waals surface area (Å²) in [5, 5.41) is 3.25. The number of carbonyl (C=O) groups is 2. The fraction of sp³-hybridized carbons (Fsp3) is 0.389. The summed E-state index contributed by atoms with van der Waals surface area (Å²) in [6.45, 7) is 4.27. The SMILES string of the molecule is CCCN(CC(=O)Nc1ncc(C)s1)C(=O)c1ccc(OC)cc1OC. The van der Waals surface area contributed by atoms with Crippen molar-refractivity contribution in [1.29, 1.82) is 0 Å². The minimum atomic E-state index is -0.284. The van der Waals surface area contributed by atoms with Gasteiger partial charge < -0.3 is 19.7 Å². The summed E-state index contributed by atoms with van der Waals surface area (Å²) in [4.78, 5) is 31.8. The second-order valence-corrected chi connectivity index (χ2v) is 6.85. The van der Waals surface area contributed by atoms with E-state index < -0.39 is 0 Å². The minimum Gasteiger partial charge on any atom is -0.497 e. The van der Waals surface area contributed by atoms with Gasteiger partial charge in [-0.05, 0) is 25.5 Å². The molecule has 0 radical (unpaired) electrons. The summed E-state index contributed by atoms with van der Waals surface area (Å²) in [6.07, 6.45) is 2.42. The van der Waals surface area contributed by atoms with Gasteiger partial charge in [-0.1, -0.05) is 6.92 Å². The average molecular weight is 377 g/mol. The maximum absolute atomic E-state index is 12.9. The highest BCUT2D eigenvalue weighted by Gasteiger charge is 2.22. The molecule has 0 aliphatic carbocycles. The van der Waals surface area contributed by atoms with Gasteiger partial charge in [-0.3, -0.25) is 9.59 Å². The van der Waals surface area contributed by atoms with Gasteiger partial charge in [-0.2, -0.15) is 0 Å².